The fourth-order valence-electron chi connectivity index (χ4n) is 24.8. The minimum absolute atomic E-state index is 0.265. The van der Waals surface area contributed by atoms with Crippen LogP contribution in [0.3, 0.4) is 0 Å². The summed E-state index contributed by atoms with van der Waals surface area (Å²) >= 11 is 0. The van der Waals surface area contributed by atoms with Gasteiger partial charge in [0.1, 0.15) is 11.2 Å². The molecule has 0 amide bonds. The van der Waals surface area contributed by atoms with Gasteiger partial charge in [-0.25, -0.2) is 0 Å². The maximum Gasteiger partial charge on any atom is 0.252 e. The van der Waals surface area contributed by atoms with Crippen LogP contribution >= 0.6 is 0 Å². The van der Waals surface area contributed by atoms with Crippen LogP contribution in [0.2, 0.25) is 0 Å². The molecule has 0 spiro atoms. The average molecular weight is 1750 g/mol. The molecule has 6 heteroatoms. The monoisotopic (exact) mass is 1740 g/mol. The quantitative estimate of drug-likeness (QED) is 0.120. The fourth-order valence-corrected chi connectivity index (χ4v) is 24.8. The Balaban J connectivity index is 0.806. The summed E-state index contributed by atoms with van der Waals surface area (Å²) in [4.78, 5) is 10.6. The van der Waals surface area contributed by atoms with Crippen molar-refractivity contribution in [1.29, 1.82) is 0 Å². The van der Waals surface area contributed by atoms with E-state index in [0.29, 0.717) is 0 Å². The lowest BCUT2D eigenvalue weighted by atomic mass is 9.33. The summed E-state index contributed by atoms with van der Waals surface area (Å²) in [5, 5.41) is 2.14. The largest absolute Gasteiger partial charge is 0.456 e. The van der Waals surface area contributed by atoms with Crippen LogP contribution in [0.5, 0.6) is 0 Å². The molecule has 4 aliphatic heterocycles. The van der Waals surface area contributed by atoms with E-state index in [1.165, 1.54) is 117 Å². The van der Waals surface area contributed by atoms with Crippen LogP contribution in [0.25, 0.3) is 77.6 Å². The van der Waals surface area contributed by atoms with Crippen molar-refractivity contribution in [2.24, 2.45) is 0 Å². The van der Waals surface area contributed by atoms with Gasteiger partial charge in [-0.1, -0.05) is 385 Å². The summed E-state index contributed by atoms with van der Waals surface area (Å²) in [5.41, 5.74) is 45.2. The van der Waals surface area contributed by atoms with E-state index in [1.807, 2.05) is 0 Å². The van der Waals surface area contributed by atoms with Crippen LogP contribution in [-0.2, 0) is 32.5 Å². The predicted molar refractivity (Wildman–Crippen MR) is 570 cm³/mol. The number of benzene rings is 19. The first kappa shape index (κ1) is 81.0. The van der Waals surface area contributed by atoms with E-state index in [4.69, 9.17) is 4.42 Å². The van der Waals surface area contributed by atoms with Gasteiger partial charge in [-0.2, -0.15) is 0 Å². The van der Waals surface area contributed by atoms with Gasteiger partial charge in [-0.3, -0.25) is 0 Å². The summed E-state index contributed by atoms with van der Waals surface area (Å²) < 4.78 is 6.83. The molecule has 0 unspecified atom stereocenters. The summed E-state index contributed by atoms with van der Waals surface area (Å²) in [6.45, 7) is 23.5. The third-order valence-electron chi connectivity index (χ3n) is 31.3. The van der Waals surface area contributed by atoms with Gasteiger partial charge in [0, 0.05) is 66.9 Å². The molecule has 0 radical (unpaired) electrons. The van der Waals surface area contributed by atoms with E-state index in [2.05, 4.69) is 520 Å². The molecule has 20 aromatic rings. The molecule has 2 aliphatic carbocycles. The van der Waals surface area contributed by atoms with Gasteiger partial charge in [0.15, 0.2) is 0 Å². The van der Waals surface area contributed by atoms with Gasteiger partial charge in [-0.05, 0) is 265 Å². The van der Waals surface area contributed by atoms with Gasteiger partial charge in [-0.15, -0.1) is 0 Å². The molecule has 136 heavy (non-hydrogen) atoms. The number of fused-ring (bicyclic) bond motifs is 17. The van der Waals surface area contributed by atoms with E-state index in [-0.39, 0.29) is 28.4 Å². The van der Waals surface area contributed by atoms with Gasteiger partial charge in [0.25, 0.3) is 6.71 Å². The maximum atomic E-state index is 6.83. The zero-order valence-corrected chi connectivity index (χ0v) is 78.3. The zero-order valence-electron chi connectivity index (χ0n) is 78.3. The number of furan rings is 1. The normalized spacial score (nSPS) is 15.0. The molecule has 0 fully saturated rings. The molecular weight excluding hydrogens is 1640 g/mol. The van der Waals surface area contributed by atoms with Crippen LogP contribution in [0, 0.1) is 0 Å². The Bertz CT molecular complexity index is 7750. The first-order chi connectivity index (χ1) is 66.2. The third-order valence-corrected chi connectivity index (χ3v) is 31.3. The van der Waals surface area contributed by atoms with Crippen molar-refractivity contribution < 1.29 is 4.42 Å². The second-order valence-electron chi connectivity index (χ2n) is 41.4. The minimum Gasteiger partial charge on any atom is -0.456 e. The summed E-state index contributed by atoms with van der Waals surface area (Å²) in [5.74, 6) is 0. The fraction of sp³-hybridized carbons (Fsp3) is 0.123. The molecule has 0 atom stereocenters. The highest BCUT2D eigenvalue weighted by Gasteiger charge is 2.52. The first-order valence-corrected chi connectivity index (χ1v) is 48.2. The van der Waals surface area contributed by atoms with Crippen molar-refractivity contribution in [1.82, 2.24) is 0 Å². The number of anilines is 12. The van der Waals surface area contributed by atoms with Crippen LogP contribution in [-0.4, -0.2) is 6.71 Å². The summed E-state index contributed by atoms with van der Waals surface area (Å²) in [6, 6.07) is 166. The number of para-hydroxylation sites is 5. The number of nitrogens with zero attached hydrogens (tertiary/aromatic N) is 4. The van der Waals surface area contributed by atoms with Crippen molar-refractivity contribution in [2.75, 3.05) is 19.6 Å². The SMILES string of the molecule is CC(C)(C)c1ccc(N2c3cc(N4c5ccccc5C(C)(C)c5ccccc54)ccc3B3c4ccc(N5c6ccccc6C(C)(C)c6ccccc65)cc4N(c4ccc(C(C)(C)C)cc4-c4ccc5c(c4)C(c4ccccc4)(c4ccccc4)c4ccccc4-5)c4cc(-c5ccc6oc7ccccc7c6c5)cc2c43)c(-c2ccc3c(c2)C(c2ccccc2)(c2ccccc2)c2ccccc2-3)c1. The molecular formula is C130H101BN4O. The molecule has 1 aromatic heterocycles. The van der Waals surface area contributed by atoms with Crippen molar-refractivity contribution >= 4 is 113 Å². The lowest BCUT2D eigenvalue weighted by molar-refractivity contribution is 0.590. The zero-order chi connectivity index (χ0) is 91.6. The van der Waals surface area contributed by atoms with E-state index in [1.54, 1.807) is 0 Å². The Kier molecular flexibility index (Phi) is 17.8. The molecule has 650 valence electrons. The van der Waals surface area contributed by atoms with E-state index in [0.717, 1.165) is 124 Å². The average Bonchev–Trinajstić information content (AvgIpc) is 1.60. The Morgan fingerprint density at radius 3 is 0.971 bits per heavy atom. The molecule has 0 bridgehead atoms. The molecule has 6 aliphatic rings. The van der Waals surface area contributed by atoms with Crippen LogP contribution in [0.1, 0.15) is 147 Å². The molecule has 26 rings (SSSR count). The lowest BCUT2D eigenvalue weighted by Gasteiger charge is -2.47. The molecule has 5 nitrogen and oxygen atoms in total. The smallest absolute Gasteiger partial charge is 0.252 e. The Labute approximate surface area is 797 Å². The van der Waals surface area contributed by atoms with E-state index in [9.17, 15) is 0 Å². The Hall–Kier alpha value is -15.8. The van der Waals surface area contributed by atoms with Crippen molar-refractivity contribution in [3.63, 3.8) is 0 Å². The highest BCUT2D eigenvalue weighted by atomic mass is 16.3. The van der Waals surface area contributed by atoms with E-state index >= 15 is 0 Å². The predicted octanol–water partition coefficient (Wildman–Crippen LogP) is 32.2. The van der Waals surface area contributed by atoms with Crippen molar-refractivity contribution in [3.05, 3.63) is 509 Å². The van der Waals surface area contributed by atoms with Crippen LogP contribution < -0.4 is 36.0 Å². The van der Waals surface area contributed by atoms with Crippen molar-refractivity contribution in [2.45, 2.75) is 102 Å². The van der Waals surface area contributed by atoms with Gasteiger partial charge in [0.05, 0.1) is 45.0 Å². The molecule has 19 aromatic carbocycles. The topological polar surface area (TPSA) is 26.1 Å². The third kappa shape index (κ3) is 11.7. The second-order valence-corrected chi connectivity index (χ2v) is 41.4. The maximum absolute atomic E-state index is 6.83. The van der Waals surface area contributed by atoms with Crippen molar-refractivity contribution in [3.8, 4) is 55.6 Å². The summed E-state index contributed by atoms with van der Waals surface area (Å²) in [7, 11) is 0. The highest BCUT2D eigenvalue weighted by molar-refractivity contribution is 7.00. The highest BCUT2D eigenvalue weighted by Crippen LogP contribution is 2.63. The summed E-state index contributed by atoms with van der Waals surface area (Å²) in [6.07, 6.45) is 0. The first-order valence-electron chi connectivity index (χ1n) is 48.2. The molecule has 0 saturated carbocycles. The molecule has 0 N–H and O–H groups in total. The Morgan fingerprint density at radius 2 is 0.566 bits per heavy atom. The van der Waals surface area contributed by atoms with Gasteiger partial charge >= 0.3 is 0 Å². The van der Waals surface area contributed by atoms with Crippen LogP contribution in [0.15, 0.2) is 435 Å². The second kappa shape index (κ2) is 29.9. The van der Waals surface area contributed by atoms with Crippen LogP contribution in [0.4, 0.5) is 68.2 Å². The number of hydrogen-bond donors (Lipinski definition) is 0. The Morgan fingerprint density at radius 1 is 0.221 bits per heavy atom. The number of rotatable bonds is 11. The molecule has 0 saturated heterocycles. The minimum atomic E-state index is -0.674. The molecule has 5 heterocycles. The van der Waals surface area contributed by atoms with E-state index < -0.39 is 10.8 Å². The lowest BCUT2D eigenvalue weighted by Crippen LogP contribution is -2.61. The van der Waals surface area contributed by atoms with Gasteiger partial charge < -0.3 is 24.0 Å². The van der Waals surface area contributed by atoms with Gasteiger partial charge in [0.2, 0.25) is 0 Å². The standard InChI is InChI=1S/C130H101BN4O/c1-125(2,3)90-62-70-112(99(78-90)83-59-66-96-94-45-23-26-48-102(94)129(108(96)74-83,86-37-15-11-16-38-86)87-39-17-12-18-40-87)134-118-80-92(132-114-54-32-28-50-104(114)127(7,8)105-51-29-33-55-115(105)132)64-68-110(118)131-111-69-65-93(133-116-56-34-30-52-106(116)128(9,10)107-53-31-35-57-117(107)133)81-119(111)135(121-77-85(76-120(134)124(121)131)82-61-72-123-101(73-82)98-47-25-36-58-122(98)136-123)113-71-63-91(126(4,5)6)79-100(113)84-60-67-97-95-46-24-27-49-103(95)130(109(97)75-84,88-41-19-13-20-42-88)89-43-21-14-22-44-89/h11-81H,1-10H3. The number of hydrogen-bond acceptors (Lipinski definition) is 5.